The Labute approximate surface area is 171 Å². The minimum atomic E-state index is -0.419. The third kappa shape index (κ3) is 4.64. The third-order valence-corrected chi connectivity index (χ3v) is 6.57. The number of thiophene rings is 1. The number of carbonyl (C=O) groups excluding carboxylic acids is 2. The van der Waals surface area contributed by atoms with Crippen molar-refractivity contribution in [2.24, 2.45) is 0 Å². The number of amides is 1. The van der Waals surface area contributed by atoms with Gasteiger partial charge in [0.1, 0.15) is 5.00 Å². The molecular formula is C19H23N3O4S2. The van der Waals surface area contributed by atoms with Gasteiger partial charge in [-0.3, -0.25) is 9.59 Å². The van der Waals surface area contributed by atoms with Gasteiger partial charge in [-0.1, -0.05) is 25.6 Å². The van der Waals surface area contributed by atoms with Gasteiger partial charge in [0.15, 0.2) is 5.16 Å². The summed E-state index contributed by atoms with van der Waals surface area (Å²) < 4.78 is 4.92. The fourth-order valence-electron chi connectivity index (χ4n) is 3.09. The monoisotopic (exact) mass is 421 g/mol. The Kier molecular flexibility index (Phi) is 6.56. The van der Waals surface area contributed by atoms with Crippen molar-refractivity contribution in [1.82, 2.24) is 9.97 Å². The van der Waals surface area contributed by atoms with Gasteiger partial charge in [0, 0.05) is 10.9 Å². The van der Waals surface area contributed by atoms with E-state index in [0.717, 1.165) is 47.9 Å². The first kappa shape index (κ1) is 20.6. The number of aryl methyl sites for hydroxylation is 1. The lowest BCUT2D eigenvalue weighted by Gasteiger charge is -2.11. The Hall–Kier alpha value is -2.13. The first-order chi connectivity index (χ1) is 13.4. The number of fused-ring (bicyclic) bond motifs is 1. The van der Waals surface area contributed by atoms with Crippen LogP contribution in [0.15, 0.2) is 16.0 Å². The molecule has 0 radical (unpaired) electrons. The SMILES string of the molecule is COC(=O)c1c(NC(=O)CSc2nc(C(C)C)cc(=O)[nH]2)sc2c1CCCC2. The van der Waals surface area contributed by atoms with Gasteiger partial charge in [-0.25, -0.2) is 9.78 Å². The van der Waals surface area contributed by atoms with Crippen LogP contribution in [0.5, 0.6) is 0 Å². The number of H-pyrrole nitrogens is 1. The topological polar surface area (TPSA) is 101 Å². The van der Waals surface area contributed by atoms with Crippen molar-refractivity contribution < 1.29 is 14.3 Å². The van der Waals surface area contributed by atoms with Crippen molar-refractivity contribution in [2.75, 3.05) is 18.2 Å². The normalized spacial score (nSPS) is 13.3. The number of nitrogens with one attached hydrogen (secondary N) is 2. The number of aromatic amines is 1. The molecule has 0 fully saturated rings. The maximum atomic E-state index is 12.5. The van der Waals surface area contributed by atoms with Gasteiger partial charge in [-0.2, -0.15) is 0 Å². The predicted molar refractivity (Wildman–Crippen MR) is 111 cm³/mol. The van der Waals surface area contributed by atoms with E-state index in [-0.39, 0.29) is 23.1 Å². The number of rotatable bonds is 6. The molecule has 0 aliphatic heterocycles. The van der Waals surface area contributed by atoms with Gasteiger partial charge in [0.25, 0.3) is 5.56 Å². The highest BCUT2D eigenvalue weighted by Crippen LogP contribution is 2.38. The second kappa shape index (κ2) is 8.91. The minimum absolute atomic E-state index is 0.0771. The number of anilines is 1. The van der Waals surface area contributed by atoms with Crippen molar-refractivity contribution in [1.29, 1.82) is 0 Å². The lowest BCUT2D eigenvalue weighted by Crippen LogP contribution is -2.17. The fourth-order valence-corrected chi connectivity index (χ4v) is 5.06. The number of hydrogen-bond donors (Lipinski definition) is 2. The number of ether oxygens (including phenoxy) is 1. The number of esters is 1. The second-order valence-corrected chi connectivity index (χ2v) is 8.94. The average Bonchev–Trinajstić information content (AvgIpc) is 3.03. The number of thioether (sulfide) groups is 1. The van der Waals surface area contributed by atoms with Gasteiger partial charge in [0.05, 0.1) is 24.1 Å². The van der Waals surface area contributed by atoms with Crippen LogP contribution in [0.3, 0.4) is 0 Å². The van der Waals surface area contributed by atoms with Crippen LogP contribution in [0.2, 0.25) is 0 Å². The van der Waals surface area contributed by atoms with Gasteiger partial charge in [-0.05, 0) is 37.2 Å². The third-order valence-electron chi connectivity index (χ3n) is 4.49. The van der Waals surface area contributed by atoms with Crippen molar-refractivity contribution in [3.63, 3.8) is 0 Å². The number of nitrogens with zero attached hydrogens (tertiary/aromatic N) is 1. The zero-order valence-corrected chi connectivity index (χ0v) is 17.7. The van der Waals surface area contributed by atoms with Crippen molar-refractivity contribution in [3.05, 3.63) is 38.1 Å². The van der Waals surface area contributed by atoms with E-state index in [1.165, 1.54) is 24.5 Å². The van der Waals surface area contributed by atoms with E-state index in [9.17, 15) is 14.4 Å². The summed E-state index contributed by atoms with van der Waals surface area (Å²) in [6.07, 6.45) is 3.86. The highest BCUT2D eigenvalue weighted by molar-refractivity contribution is 7.99. The van der Waals surface area contributed by atoms with Crippen LogP contribution >= 0.6 is 23.1 Å². The molecule has 28 heavy (non-hydrogen) atoms. The molecule has 1 aliphatic rings. The molecule has 0 spiro atoms. The second-order valence-electron chi connectivity index (χ2n) is 6.87. The first-order valence-corrected chi connectivity index (χ1v) is 11.0. The molecule has 0 unspecified atom stereocenters. The van der Waals surface area contributed by atoms with E-state index in [1.807, 2.05) is 13.8 Å². The fraction of sp³-hybridized carbons (Fsp3) is 0.474. The van der Waals surface area contributed by atoms with Crippen LogP contribution in [0.25, 0.3) is 0 Å². The molecule has 150 valence electrons. The molecule has 0 atom stereocenters. The molecule has 2 N–H and O–H groups in total. The Morgan fingerprint density at radius 3 is 2.82 bits per heavy atom. The Morgan fingerprint density at radius 1 is 1.36 bits per heavy atom. The molecule has 0 aromatic carbocycles. The number of aromatic nitrogens is 2. The average molecular weight is 422 g/mol. The van der Waals surface area contributed by atoms with Gasteiger partial charge in [-0.15, -0.1) is 11.3 Å². The van der Waals surface area contributed by atoms with Crippen LogP contribution in [0.4, 0.5) is 5.00 Å². The molecule has 2 aromatic rings. The summed E-state index contributed by atoms with van der Waals surface area (Å²) in [4.78, 5) is 44.6. The van der Waals surface area contributed by atoms with E-state index < -0.39 is 5.97 Å². The number of carbonyl (C=O) groups is 2. The van der Waals surface area contributed by atoms with Gasteiger partial charge in [0.2, 0.25) is 5.91 Å². The van der Waals surface area contributed by atoms with Crippen molar-refractivity contribution in [3.8, 4) is 0 Å². The van der Waals surface area contributed by atoms with E-state index in [2.05, 4.69) is 15.3 Å². The molecule has 1 amide bonds. The summed E-state index contributed by atoms with van der Waals surface area (Å²) in [7, 11) is 1.35. The summed E-state index contributed by atoms with van der Waals surface area (Å²) in [6.45, 7) is 3.91. The highest BCUT2D eigenvalue weighted by Gasteiger charge is 2.26. The molecule has 0 saturated carbocycles. The first-order valence-electron chi connectivity index (χ1n) is 9.15. The smallest absolute Gasteiger partial charge is 0.341 e. The predicted octanol–water partition coefficient (Wildman–Crippen LogP) is 3.35. The van der Waals surface area contributed by atoms with Crippen molar-refractivity contribution >= 4 is 40.0 Å². The van der Waals surface area contributed by atoms with E-state index in [1.54, 1.807) is 0 Å². The Bertz CT molecular complexity index is 949. The van der Waals surface area contributed by atoms with Crippen LogP contribution in [0, 0.1) is 0 Å². The van der Waals surface area contributed by atoms with Crippen LogP contribution in [-0.2, 0) is 22.4 Å². The number of hydrogen-bond acceptors (Lipinski definition) is 7. The van der Waals surface area contributed by atoms with Gasteiger partial charge < -0.3 is 15.0 Å². The molecule has 0 saturated heterocycles. The van der Waals surface area contributed by atoms with Crippen LogP contribution in [0.1, 0.15) is 59.1 Å². The maximum Gasteiger partial charge on any atom is 0.341 e. The maximum absolute atomic E-state index is 12.5. The van der Waals surface area contributed by atoms with Crippen LogP contribution in [-0.4, -0.2) is 34.7 Å². The summed E-state index contributed by atoms with van der Waals surface area (Å²) in [5, 5.41) is 3.79. The molecule has 3 rings (SSSR count). The summed E-state index contributed by atoms with van der Waals surface area (Å²) in [5.41, 5.74) is 1.93. The largest absolute Gasteiger partial charge is 0.465 e. The molecule has 1 aliphatic carbocycles. The summed E-state index contributed by atoms with van der Waals surface area (Å²) in [5.74, 6) is -0.479. The van der Waals surface area contributed by atoms with E-state index in [4.69, 9.17) is 4.74 Å². The molecular weight excluding hydrogens is 398 g/mol. The quantitative estimate of drug-likeness (QED) is 0.421. The zero-order chi connectivity index (χ0) is 20.3. The van der Waals surface area contributed by atoms with Crippen molar-refractivity contribution in [2.45, 2.75) is 50.6 Å². The highest BCUT2D eigenvalue weighted by atomic mass is 32.2. The summed E-state index contributed by atoms with van der Waals surface area (Å²) in [6, 6.07) is 1.47. The summed E-state index contributed by atoms with van der Waals surface area (Å²) >= 11 is 2.61. The van der Waals surface area contributed by atoms with Gasteiger partial charge >= 0.3 is 5.97 Å². The molecule has 0 bridgehead atoms. The zero-order valence-electron chi connectivity index (χ0n) is 16.1. The molecule has 2 heterocycles. The Morgan fingerprint density at radius 2 is 2.11 bits per heavy atom. The molecule has 7 nitrogen and oxygen atoms in total. The van der Waals surface area contributed by atoms with Crippen LogP contribution < -0.4 is 10.9 Å². The lowest BCUT2D eigenvalue weighted by atomic mass is 9.95. The standard InChI is InChI=1S/C19H23N3O4S2/c1-10(2)12-8-14(23)22-19(20-12)27-9-15(24)21-17-16(18(25)26-3)11-6-4-5-7-13(11)28-17/h8,10H,4-7,9H2,1-3H3,(H,21,24)(H,20,22,23). The molecule has 9 heteroatoms. The van der Waals surface area contributed by atoms with E-state index in [0.29, 0.717) is 21.4 Å². The van der Waals surface area contributed by atoms with E-state index >= 15 is 0 Å². The minimum Gasteiger partial charge on any atom is -0.465 e. The lowest BCUT2D eigenvalue weighted by molar-refractivity contribution is -0.113. The number of methoxy groups -OCH3 is 1. The Balaban J connectivity index is 1.73. The molecule has 2 aromatic heterocycles.